The van der Waals surface area contributed by atoms with Gasteiger partial charge in [-0.05, 0) is 49.9 Å². The lowest BCUT2D eigenvalue weighted by atomic mass is 10.0. The normalized spacial score (nSPS) is 17.8. The molecule has 0 radical (unpaired) electrons. The van der Waals surface area contributed by atoms with E-state index in [1.807, 2.05) is 19.2 Å². The monoisotopic (exact) mass is 271 g/mol. The average Bonchev–Trinajstić information content (AvgIpc) is 3.00. The van der Waals surface area contributed by atoms with Crippen LogP contribution in [0.4, 0.5) is 4.39 Å². The molecule has 1 aliphatic carbocycles. The molecule has 3 heteroatoms. The number of hydrogen-bond acceptors (Lipinski definition) is 1. The molecule has 0 aromatic heterocycles. The maximum absolute atomic E-state index is 13.6. The van der Waals surface area contributed by atoms with Gasteiger partial charge in [0.15, 0.2) is 0 Å². The molecule has 0 saturated heterocycles. The van der Waals surface area contributed by atoms with Gasteiger partial charge in [0.1, 0.15) is 5.82 Å². The van der Waals surface area contributed by atoms with Crippen LogP contribution in [0, 0.1) is 11.7 Å². The van der Waals surface area contributed by atoms with E-state index in [0.717, 1.165) is 22.4 Å². The van der Waals surface area contributed by atoms with Crippen molar-refractivity contribution in [2.75, 3.05) is 7.05 Å². The van der Waals surface area contributed by atoms with Crippen molar-refractivity contribution in [2.45, 2.75) is 25.3 Å². The lowest BCUT2D eigenvalue weighted by Crippen LogP contribution is -2.29. The minimum Gasteiger partial charge on any atom is -0.316 e. The van der Waals surface area contributed by atoms with Crippen molar-refractivity contribution >= 4 is 15.9 Å². The van der Waals surface area contributed by atoms with Crippen molar-refractivity contribution in [3.8, 4) is 0 Å². The predicted molar refractivity (Wildman–Crippen MR) is 63.4 cm³/mol. The van der Waals surface area contributed by atoms with Gasteiger partial charge in [0.05, 0.1) is 0 Å². The summed E-state index contributed by atoms with van der Waals surface area (Å²) in [6.07, 6.45) is 3.35. The maximum atomic E-state index is 13.6. The smallest absolute Gasteiger partial charge is 0.127 e. The van der Waals surface area contributed by atoms with E-state index in [4.69, 9.17) is 0 Å². The average molecular weight is 272 g/mol. The molecule has 0 bridgehead atoms. The molecule has 1 aromatic carbocycles. The largest absolute Gasteiger partial charge is 0.316 e. The standard InChI is InChI=1S/C12H15BrFN/c1-15-12(8-2-3-8)6-9-4-5-10(13)7-11(9)14/h4-5,7-8,12,15H,2-3,6H2,1H3. The summed E-state index contributed by atoms with van der Waals surface area (Å²) < 4.78 is 14.4. The molecule has 0 heterocycles. The van der Waals surface area contributed by atoms with Gasteiger partial charge in [-0.2, -0.15) is 0 Å². The van der Waals surface area contributed by atoms with Crippen molar-refractivity contribution in [3.63, 3.8) is 0 Å². The molecule has 1 nitrogen and oxygen atoms in total. The zero-order valence-corrected chi connectivity index (χ0v) is 10.3. The van der Waals surface area contributed by atoms with Gasteiger partial charge in [-0.15, -0.1) is 0 Å². The SMILES string of the molecule is CNC(Cc1ccc(Br)cc1F)C1CC1. The highest BCUT2D eigenvalue weighted by molar-refractivity contribution is 9.10. The Morgan fingerprint density at radius 3 is 2.80 bits per heavy atom. The molecule has 0 aliphatic heterocycles. The van der Waals surface area contributed by atoms with Crippen molar-refractivity contribution < 1.29 is 4.39 Å². The first-order chi connectivity index (χ1) is 7.20. The van der Waals surface area contributed by atoms with E-state index in [1.54, 1.807) is 0 Å². The Balaban J connectivity index is 2.08. The summed E-state index contributed by atoms with van der Waals surface area (Å²) in [5.74, 6) is 0.642. The molecule has 1 atom stereocenters. The second kappa shape index (κ2) is 4.62. The number of halogens is 2. The molecule has 1 N–H and O–H groups in total. The third-order valence-corrected chi connectivity index (χ3v) is 3.51. The fraction of sp³-hybridized carbons (Fsp3) is 0.500. The maximum Gasteiger partial charge on any atom is 0.127 e. The fourth-order valence-corrected chi connectivity index (χ4v) is 2.26. The van der Waals surface area contributed by atoms with E-state index in [-0.39, 0.29) is 5.82 Å². The van der Waals surface area contributed by atoms with Crippen LogP contribution in [0.2, 0.25) is 0 Å². The summed E-state index contributed by atoms with van der Waals surface area (Å²) in [6.45, 7) is 0. The number of rotatable bonds is 4. The third kappa shape index (κ3) is 2.79. The zero-order valence-electron chi connectivity index (χ0n) is 8.76. The van der Waals surface area contributed by atoms with Gasteiger partial charge in [0, 0.05) is 10.5 Å². The number of benzene rings is 1. The molecule has 1 fully saturated rings. The number of nitrogens with one attached hydrogen (secondary N) is 1. The highest BCUT2D eigenvalue weighted by Crippen LogP contribution is 2.34. The van der Waals surface area contributed by atoms with Crippen LogP contribution in [0.5, 0.6) is 0 Å². The molecule has 1 aliphatic rings. The van der Waals surface area contributed by atoms with Gasteiger partial charge in [-0.3, -0.25) is 0 Å². The van der Waals surface area contributed by atoms with Crippen LogP contribution >= 0.6 is 15.9 Å². The number of hydrogen-bond donors (Lipinski definition) is 1. The van der Waals surface area contributed by atoms with Gasteiger partial charge in [-0.1, -0.05) is 22.0 Å². The van der Waals surface area contributed by atoms with Crippen molar-refractivity contribution in [3.05, 3.63) is 34.1 Å². The third-order valence-electron chi connectivity index (χ3n) is 3.02. The van der Waals surface area contributed by atoms with Crippen molar-refractivity contribution in [2.24, 2.45) is 5.92 Å². The lowest BCUT2D eigenvalue weighted by molar-refractivity contribution is 0.487. The van der Waals surface area contributed by atoms with Crippen LogP contribution in [0.3, 0.4) is 0 Å². The second-order valence-electron chi connectivity index (χ2n) is 4.17. The molecule has 1 saturated carbocycles. The van der Waals surface area contributed by atoms with E-state index < -0.39 is 0 Å². The van der Waals surface area contributed by atoms with E-state index in [1.165, 1.54) is 18.9 Å². The van der Waals surface area contributed by atoms with Crippen molar-refractivity contribution in [1.29, 1.82) is 0 Å². The molecular weight excluding hydrogens is 257 g/mol. The van der Waals surface area contributed by atoms with Crippen LogP contribution < -0.4 is 5.32 Å². The molecule has 1 unspecified atom stereocenters. The number of likely N-dealkylation sites (N-methyl/N-ethyl adjacent to an activating group) is 1. The van der Waals surface area contributed by atoms with E-state index in [2.05, 4.69) is 21.2 Å². The Bertz CT molecular complexity index is 349. The molecule has 2 rings (SSSR count). The summed E-state index contributed by atoms with van der Waals surface area (Å²) in [5.41, 5.74) is 0.810. The highest BCUT2D eigenvalue weighted by Gasteiger charge is 2.30. The predicted octanol–water partition coefficient (Wildman–Crippen LogP) is 3.13. The Morgan fingerprint density at radius 1 is 1.53 bits per heavy atom. The van der Waals surface area contributed by atoms with Gasteiger partial charge in [0.2, 0.25) is 0 Å². The molecule has 82 valence electrons. The fourth-order valence-electron chi connectivity index (χ4n) is 1.93. The van der Waals surface area contributed by atoms with Gasteiger partial charge in [-0.25, -0.2) is 4.39 Å². The molecule has 1 aromatic rings. The lowest BCUT2D eigenvalue weighted by Gasteiger charge is -2.15. The Hall–Kier alpha value is -0.410. The second-order valence-corrected chi connectivity index (χ2v) is 5.09. The molecule has 0 amide bonds. The van der Waals surface area contributed by atoms with Gasteiger partial charge < -0.3 is 5.32 Å². The van der Waals surface area contributed by atoms with Crippen LogP contribution in [0.25, 0.3) is 0 Å². The van der Waals surface area contributed by atoms with E-state index in [0.29, 0.717) is 6.04 Å². The Kier molecular flexibility index (Phi) is 3.42. The van der Waals surface area contributed by atoms with Crippen LogP contribution in [0.1, 0.15) is 18.4 Å². The Morgan fingerprint density at radius 2 is 2.27 bits per heavy atom. The van der Waals surface area contributed by atoms with E-state index in [9.17, 15) is 4.39 Å². The summed E-state index contributed by atoms with van der Waals surface area (Å²) >= 11 is 3.27. The quantitative estimate of drug-likeness (QED) is 0.888. The van der Waals surface area contributed by atoms with Gasteiger partial charge >= 0.3 is 0 Å². The first kappa shape index (κ1) is 11.1. The summed E-state index contributed by atoms with van der Waals surface area (Å²) in [4.78, 5) is 0. The van der Waals surface area contributed by atoms with E-state index >= 15 is 0 Å². The minimum atomic E-state index is -0.106. The first-order valence-electron chi connectivity index (χ1n) is 5.32. The zero-order chi connectivity index (χ0) is 10.8. The van der Waals surface area contributed by atoms with Crippen LogP contribution in [-0.4, -0.2) is 13.1 Å². The summed E-state index contributed by atoms with van der Waals surface area (Å²) in [5, 5.41) is 3.28. The molecular formula is C12H15BrFN. The molecule has 15 heavy (non-hydrogen) atoms. The van der Waals surface area contributed by atoms with Crippen LogP contribution in [-0.2, 0) is 6.42 Å². The highest BCUT2D eigenvalue weighted by atomic mass is 79.9. The molecule has 0 spiro atoms. The Labute approximate surface area is 98.2 Å². The first-order valence-corrected chi connectivity index (χ1v) is 6.11. The van der Waals surface area contributed by atoms with Crippen molar-refractivity contribution in [1.82, 2.24) is 5.32 Å². The van der Waals surface area contributed by atoms with Crippen LogP contribution in [0.15, 0.2) is 22.7 Å². The minimum absolute atomic E-state index is 0.106. The summed E-state index contributed by atoms with van der Waals surface area (Å²) in [6, 6.07) is 5.74. The van der Waals surface area contributed by atoms with Gasteiger partial charge in [0.25, 0.3) is 0 Å². The summed E-state index contributed by atoms with van der Waals surface area (Å²) in [7, 11) is 1.96. The topological polar surface area (TPSA) is 12.0 Å².